The third-order valence-electron chi connectivity index (χ3n) is 5.50. The van der Waals surface area contributed by atoms with Crippen molar-refractivity contribution in [3.05, 3.63) is 0 Å². The third-order valence-corrected chi connectivity index (χ3v) is 5.50. The third kappa shape index (κ3) is 3.71. The topological polar surface area (TPSA) is 49.5 Å². The van der Waals surface area contributed by atoms with Crippen LogP contribution in [0.5, 0.6) is 0 Å². The molecule has 0 aromatic heterocycles. The van der Waals surface area contributed by atoms with Crippen LogP contribution >= 0.6 is 0 Å². The van der Waals surface area contributed by atoms with Crippen molar-refractivity contribution in [1.29, 1.82) is 0 Å². The highest BCUT2D eigenvalue weighted by molar-refractivity contribution is 4.93. The molecule has 0 spiro atoms. The predicted octanol–water partition coefficient (Wildman–Crippen LogP) is 1.99. The lowest BCUT2D eigenvalue weighted by Gasteiger charge is -2.31. The number of nitrogens with zero attached hydrogens (tertiary/aromatic N) is 1. The van der Waals surface area contributed by atoms with Crippen LogP contribution in [-0.4, -0.2) is 41.8 Å². The molecule has 2 unspecified atom stereocenters. The van der Waals surface area contributed by atoms with Gasteiger partial charge < -0.3 is 15.7 Å². The van der Waals surface area contributed by atoms with Gasteiger partial charge in [0.15, 0.2) is 0 Å². The smallest absolute Gasteiger partial charge is 0.0797 e. The summed E-state index contributed by atoms with van der Waals surface area (Å²) in [6.07, 6.45) is 10.2. The van der Waals surface area contributed by atoms with Crippen molar-refractivity contribution in [3.8, 4) is 0 Å². The fourth-order valence-electron chi connectivity index (χ4n) is 3.74. The van der Waals surface area contributed by atoms with E-state index in [9.17, 15) is 5.11 Å². The van der Waals surface area contributed by atoms with Crippen molar-refractivity contribution in [2.75, 3.05) is 26.2 Å². The molecule has 3 rings (SSSR count). The summed E-state index contributed by atoms with van der Waals surface area (Å²) < 4.78 is 0. The molecule has 0 saturated heterocycles. The molecule has 0 radical (unpaired) electrons. The van der Waals surface area contributed by atoms with E-state index in [1.165, 1.54) is 51.7 Å². The first kappa shape index (κ1) is 13.8. The summed E-state index contributed by atoms with van der Waals surface area (Å²) in [5.41, 5.74) is 5.23. The molecular formula is C16H30N2O. The average Bonchev–Trinajstić information content (AvgIpc) is 3.31. The van der Waals surface area contributed by atoms with Gasteiger partial charge in [0.1, 0.15) is 0 Å². The molecular weight excluding hydrogens is 236 g/mol. The summed E-state index contributed by atoms with van der Waals surface area (Å²) in [6.45, 7) is 4.25. The molecule has 0 aliphatic heterocycles. The summed E-state index contributed by atoms with van der Waals surface area (Å²) in [5.74, 6) is 2.41. The molecule has 0 aromatic carbocycles. The lowest BCUT2D eigenvalue weighted by Crippen LogP contribution is -2.42. The van der Waals surface area contributed by atoms with Gasteiger partial charge in [-0.05, 0) is 69.2 Å². The maximum absolute atomic E-state index is 10.5. The first-order chi connectivity index (χ1) is 9.19. The van der Waals surface area contributed by atoms with Gasteiger partial charge in [0.05, 0.1) is 5.60 Å². The van der Waals surface area contributed by atoms with Crippen LogP contribution in [0.25, 0.3) is 0 Å². The van der Waals surface area contributed by atoms with Crippen molar-refractivity contribution < 1.29 is 5.11 Å². The Morgan fingerprint density at radius 1 is 1.05 bits per heavy atom. The second-order valence-electron chi connectivity index (χ2n) is 7.33. The van der Waals surface area contributed by atoms with Crippen LogP contribution in [-0.2, 0) is 0 Å². The summed E-state index contributed by atoms with van der Waals surface area (Å²) in [4.78, 5) is 2.69. The van der Waals surface area contributed by atoms with Gasteiger partial charge >= 0.3 is 0 Å². The summed E-state index contributed by atoms with van der Waals surface area (Å²) in [5, 5.41) is 10.5. The maximum atomic E-state index is 10.5. The standard InChI is InChI=1S/C16H30N2O/c17-12-16(19)8-1-2-15(16)7-9-18(10-13-3-4-13)11-14-5-6-14/h13-15,19H,1-12,17H2. The molecule has 3 aliphatic carbocycles. The van der Waals surface area contributed by atoms with Gasteiger partial charge in [-0.25, -0.2) is 0 Å². The molecule has 0 bridgehead atoms. The van der Waals surface area contributed by atoms with Gasteiger partial charge in [-0.15, -0.1) is 0 Å². The maximum Gasteiger partial charge on any atom is 0.0797 e. The first-order valence-electron chi connectivity index (χ1n) is 8.34. The van der Waals surface area contributed by atoms with E-state index in [-0.39, 0.29) is 0 Å². The number of rotatable bonds is 8. The van der Waals surface area contributed by atoms with E-state index in [1.54, 1.807) is 0 Å². The Kier molecular flexibility index (Phi) is 4.16. The Labute approximate surface area is 117 Å². The van der Waals surface area contributed by atoms with E-state index in [0.29, 0.717) is 12.5 Å². The quantitative estimate of drug-likeness (QED) is 0.706. The lowest BCUT2D eigenvalue weighted by molar-refractivity contribution is 0.00427. The van der Waals surface area contributed by atoms with Crippen LogP contribution in [0.4, 0.5) is 0 Å². The first-order valence-corrected chi connectivity index (χ1v) is 8.34. The van der Waals surface area contributed by atoms with Crippen LogP contribution in [0.1, 0.15) is 51.4 Å². The van der Waals surface area contributed by atoms with Crippen molar-refractivity contribution in [1.82, 2.24) is 4.90 Å². The Morgan fingerprint density at radius 3 is 2.21 bits per heavy atom. The zero-order valence-electron chi connectivity index (χ0n) is 12.2. The van der Waals surface area contributed by atoms with E-state index in [1.807, 2.05) is 0 Å². The van der Waals surface area contributed by atoms with Crippen molar-refractivity contribution >= 4 is 0 Å². The summed E-state index contributed by atoms with van der Waals surface area (Å²) >= 11 is 0. The van der Waals surface area contributed by atoms with E-state index in [2.05, 4.69) is 4.90 Å². The highest BCUT2D eigenvalue weighted by atomic mass is 16.3. The number of hydrogen-bond donors (Lipinski definition) is 2. The minimum atomic E-state index is -0.551. The molecule has 3 saturated carbocycles. The minimum absolute atomic E-state index is 0.443. The van der Waals surface area contributed by atoms with Gasteiger partial charge in [-0.1, -0.05) is 6.42 Å². The molecule has 0 heterocycles. The minimum Gasteiger partial charge on any atom is -0.388 e. The molecule has 3 N–H and O–H groups in total. The van der Waals surface area contributed by atoms with E-state index < -0.39 is 5.60 Å². The molecule has 3 aliphatic rings. The molecule has 0 amide bonds. The zero-order chi connectivity index (χ0) is 13.3. The Balaban J connectivity index is 1.47. The van der Waals surface area contributed by atoms with Gasteiger partial charge in [0.2, 0.25) is 0 Å². The second-order valence-corrected chi connectivity index (χ2v) is 7.33. The zero-order valence-corrected chi connectivity index (χ0v) is 12.2. The van der Waals surface area contributed by atoms with E-state index >= 15 is 0 Å². The van der Waals surface area contributed by atoms with Gasteiger partial charge in [0.25, 0.3) is 0 Å². The Morgan fingerprint density at radius 2 is 1.68 bits per heavy atom. The average molecular weight is 266 g/mol. The van der Waals surface area contributed by atoms with Gasteiger partial charge in [-0.3, -0.25) is 0 Å². The molecule has 3 heteroatoms. The molecule has 3 fully saturated rings. The molecule has 0 aromatic rings. The molecule has 110 valence electrons. The molecule has 3 nitrogen and oxygen atoms in total. The SMILES string of the molecule is NCC1(O)CCCC1CCN(CC1CC1)CC1CC1. The summed E-state index contributed by atoms with van der Waals surface area (Å²) in [7, 11) is 0. The van der Waals surface area contributed by atoms with Crippen molar-refractivity contribution in [2.45, 2.75) is 57.0 Å². The molecule has 19 heavy (non-hydrogen) atoms. The van der Waals surface area contributed by atoms with Gasteiger partial charge in [-0.2, -0.15) is 0 Å². The van der Waals surface area contributed by atoms with Crippen LogP contribution in [0, 0.1) is 17.8 Å². The normalized spacial score (nSPS) is 35.2. The summed E-state index contributed by atoms with van der Waals surface area (Å²) in [6, 6.07) is 0. The Bertz CT molecular complexity index is 287. The van der Waals surface area contributed by atoms with Crippen LogP contribution < -0.4 is 5.73 Å². The monoisotopic (exact) mass is 266 g/mol. The fourth-order valence-corrected chi connectivity index (χ4v) is 3.74. The Hall–Kier alpha value is -0.120. The van der Waals surface area contributed by atoms with Crippen LogP contribution in [0.15, 0.2) is 0 Å². The molecule has 2 atom stereocenters. The predicted molar refractivity (Wildman–Crippen MR) is 77.9 cm³/mol. The lowest BCUT2D eigenvalue weighted by atomic mass is 9.88. The van der Waals surface area contributed by atoms with E-state index in [0.717, 1.165) is 31.1 Å². The fraction of sp³-hybridized carbons (Fsp3) is 1.00. The van der Waals surface area contributed by atoms with Gasteiger partial charge in [0, 0.05) is 19.6 Å². The number of aliphatic hydroxyl groups is 1. The van der Waals surface area contributed by atoms with Crippen LogP contribution in [0.3, 0.4) is 0 Å². The van der Waals surface area contributed by atoms with E-state index in [4.69, 9.17) is 5.73 Å². The van der Waals surface area contributed by atoms with Crippen molar-refractivity contribution in [2.24, 2.45) is 23.5 Å². The number of hydrogen-bond acceptors (Lipinski definition) is 3. The highest BCUT2D eigenvalue weighted by Gasteiger charge is 2.40. The van der Waals surface area contributed by atoms with Crippen molar-refractivity contribution in [3.63, 3.8) is 0 Å². The number of nitrogens with two attached hydrogens (primary N) is 1. The highest BCUT2D eigenvalue weighted by Crippen LogP contribution is 2.38. The second kappa shape index (κ2) is 5.71. The van der Waals surface area contributed by atoms with Crippen LogP contribution in [0.2, 0.25) is 0 Å². The largest absolute Gasteiger partial charge is 0.388 e.